The number of aliphatic hydroxyl groups excluding tert-OH is 1. The van der Waals surface area contributed by atoms with E-state index in [9.17, 15) is 29.1 Å². The van der Waals surface area contributed by atoms with Gasteiger partial charge in [-0.15, -0.1) is 0 Å². The molecule has 0 spiro atoms. The number of nitrogens with zero attached hydrogens (tertiary/aromatic N) is 1. The number of nitrogens with one attached hydrogen (secondary N) is 3. The molecule has 1 aliphatic carbocycles. The number of nitrogens with two attached hydrogens (primary N) is 2. The Morgan fingerprint density at radius 1 is 0.878 bits per heavy atom. The summed E-state index contributed by atoms with van der Waals surface area (Å²) in [4.78, 5) is 67.4. The number of carbonyl (C=O) groups excluding carboxylic acids is 5. The van der Waals surface area contributed by atoms with Crippen LogP contribution in [-0.2, 0) is 28.7 Å². The van der Waals surface area contributed by atoms with Gasteiger partial charge in [-0.3, -0.25) is 24.0 Å². The molecule has 0 aromatic heterocycles. The van der Waals surface area contributed by atoms with E-state index < -0.39 is 66.0 Å². The van der Waals surface area contributed by atoms with Crippen molar-refractivity contribution < 1.29 is 33.8 Å². The van der Waals surface area contributed by atoms with Crippen LogP contribution >= 0.6 is 0 Å². The number of aliphatic hydroxyl groups is 1. The van der Waals surface area contributed by atoms with Gasteiger partial charge in [-0.2, -0.15) is 0 Å². The van der Waals surface area contributed by atoms with Gasteiger partial charge in [0.1, 0.15) is 18.1 Å². The first-order chi connectivity index (χ1) is 23.0. The number of hydrogen-bond donors (Lipinski definition) is 6. The van der Waals surface area contributed by atoms with Crippen molar-refractivity contribution in [1.82, 2.24) is 20.9 Å². The fourth-order valence-corrected chi connectivity index (χ4v) is 6.32. The summed E-state index contributed by atoms with van der Waals surface area (Å²) in [6.07, 6.45) is 7.74. The van der Waals surface area contributed by atoms with Crippen molar-refractivity contribution in [1.29, 1.82) is 0 Å². The quantitative estimate of drug-likeness (QED) is 0.0873. The number of unbranched alkanes of at least 4 members (excludes halogenated alkanes) is 3. The van der Waals surface area contributed by atoms with Crippen molar-refractivity contribution in [3.8, 4) is 0 Å². The Morgan fingerprint density at radius 2 is 1.51 bits per heavy atom. The molecule has 13 heteroatoms. The third kappa shape index (κ3) is 15.3. The van der Waals surface area contributed by atoms with Crippen LogP contribution in [0.5, 0.6) is 0 Å². The van der Waals surface area contributed by atoms with Crippen LogP contribution < -0.4 is 27.4 Å². The molecule has 284 valence electrons. The van der Waals surface area contributed by atoms with Crippen LogP contribution in [0.25, 0.3) is 0 Å². The molecule has 0 unspecified atom stereocenters. The zero-order chi connectivity index (χ0) is 37.3. The summed E-state index contributed by atoms with van der Waals surface area (Å²) in [6, 6.07) is -2.81. The highest BCUT2D eigenvalue weighted by Gasteiger charge is 2.38. The van der Waals surface area contributed by atoms with E-state index in [4.69, 9.17) is 16.2 Å². The number of hydrogen-bond acceptors (Lipinski definition) is 8. The second-order valence-corrected chi connectivity index (χ2v) is 14.6. The van der Waals surface area contributed by atoms with Gasteiger partial charge in [0.15, 0.2) is 0 Å². The molecule has 0 aromatic carbocycles. The molecule has 5 amide bonds. The molecule has 0 saturated heterocycles. The molecule has 0 bridgehead atoms. The van der Waals surface area contributed by atoms with E-state index >= 15 is 0 Å². The molecule has 13 nitrogen and oxygen atoms in total. The monoisotopic (exact) mass is 697 g/mol. The third-order valence-electron chi connectivity index (χ3n) is 9.81. The Labute approximate surface area is 294 Å². The van der Waals surface area contributed by atoms with Gasteiger partial charge in [0.2, 0.25) is 29.5 Å². The Hall–Kier alpha value is -2.77. The summed E-state index contributed by atoms with van der Waals surface area (Å²) in [5.74, 6) is -3.45. The van der Waals surface area contributed by atoms with Gasteiger partial charge in [-0.05, 0) is 51.4 Å². The average molecular weight is 697 g/mol. The molecule has 0 aliphatic heterocycles. The second-order valence-electron chi connectivity index (χ2n) is 14.6. The maximum atomic E-state index is 14.1. The van der Waals surface area contributed by atoms with E-state index in [1.807, 2.05) is 27.7 Å². The maximum absolute atomic E-state index is 14.1. The Kier molecular flexibility index (Phi) is 20.6. The van der Waals surface area contributed by atoms with Crippen molar-refractivity contribution in [2.45, 2.75) is 156 Å². The standard InChI is InChI=1S/C36H68N6O7/c1-9-10-11-15-18-30(49-23(4)21-39-33(45)24(5)26(7)43)25(6)36(48)42(8)29(19-22(2)3)34(46)41-31(27-16-13-12-14-17-27)35(47)40-28(20-37)32(38)44/h22-31,43H,9-21,37H2,1-8H3,(H2,38,44)(H,39,45)(H,40,47)(H,41,46)/t23-,24-,25+,26-,28-,29-,30+,31-/m0/s1. The lowest BCUT2D eigenvalue weighted by molar-refractivity contribution is -0.148. The number of likely N-dealkylation sites (N-methyl/N-ethyl adjacent to an activating group) is 1. The Morgan fingerprint density at radius 3 is 2.04 bits per heavy atom. The lowest BCUT2D eigenvalue weighted by Crippen LogP contribution is -2.60. The van der Waals surface area contributed by atoms with Gasteiger partial charge >= 0.3 is 0 Å². The molecule has 8 atom stereocenters. The van der Waals surface area contributed by atoms with Gasteiger partial charge in [0, 0.05) is 20.1 Å². The molecule has 0 heterocycles. The zero-order valence-electron chi connectivity index (χ0n) is 31.5. The summed E-state index contributed by atoms with van der Waals surface area (Å²) >= 11 is 0. The minimum absolute atomic E-state index is 0.0634. The lowest BCUT2D eigenvalue weighted by atomic mass is 9.83. The van der Waals surface area contributed by atoms with E-state index in [1.165, 1.54) is 4.90 Å². The van der Waals surface area contributed by atoms with Crippen molar-refractivity contribution in [3.05, 3.63) is 0 Å². The van der Waals surface area contributed by atoms with Crippen LogP contribution in [0.2, 0.25) is 0 Å². The highest BCUT2D eigenvalue weighted by Crippen LogP contribution is 2.28. The number of carbonyl (C=O) groups is 5. The smallest absolute Gasteiger partial charge is 0.243 e. The van der Waals surface area contributed by atoms with Gasteiger partial charge < -0.3 is 42.2 Å². The summed E-state index contributed by atoms with van der Waals surface area (Å²) in [7, 11) is 1.62. The van der Waals surface area contributed by atoms with Gasteiger partial charge in [-0.1, -0.05) is 79.6 Å². The number of amides is 5. The molecule has 49 heavy (non-hydrogen) atoms. The molecule has 0 radical (unpaired) electrons. The molecular formula is C36H68N6O7. The maximum Gasteiger partial charge on any atom is 0.243 e. The van der Waals surface area contributed by atoms with Crippen LogP contribution in [0.4, 0.5) is 0 Å². The van der Waals surface area contributed by atoms with E-state index in [2.05, 4.69) is 22.9 Å². The van der Waals surface area contributed by atoms with E-state index in [0.717, 1.165) is 57.8 Å². The first kappa shape index (κ1) is 44.3. The van der Waals surface area contributed by atoms with E-state index in [-0.39, 0.29) is 36.7 Å². The SMILES string of the molecule is CCCCCC[C@@H](O[C@@H](C)CNC(=O)[C@@H](C)[C@H](C)O)[C@@H](C)C(=O)N(C)[C@@H](CC(C)C)C(=O)N[C@H](C(=O)N[C@@H](CN)C(N)=O)C1CCCCC1. The molecule has 8 N–H and O–H groups in total. The summed E-state index contributed by atoms with van der Waals surface area (Å²) in [5.41, 5.74) is 11.1. The van der Waals surface area contributed by atoms with Crippen molar-refractivity contribution in [2.24, 2.45) is 35.1 Å². The van der Waals surface area contributed by atoms with Crippen LogP contribution in [0.15, 0.2) is 0 Å². The number of rotatable bonds is 23. The third-order valence-corrected chi connectivity index (χ3v) is 9.81. The topological polar surface area (TPSA) is 206 Å². The molecule has 1 saturated carbocycles. The predicted molar refractivity (Wildman–Crippen MR) is 191 cm³/mol. The Bertz CT molecular complexity index is 1040. The highest BCUT2D eigenvalue weighted by molar-refractivity contribution is 5.94. The van der Waals surface area contributed by atoms with Gasteiger partial charge in [-0.25, -0.2) is 0 Å². The molecule has 1 aliphatic rings. The average Bonchev–Trinajstić information content (AvgIpc) is 3.07. The first-order valence-corrected chi connectivity index (χ1v) is 18.5. The fourth-order valence-electron chi connectivity index (χ4n) is 6.32. The summed E-state index contributed by atoms with van der Waals surface area (Å²) in [5, 5.41) is 18.2. The van der Waals surface area contributed by atoms with Crippen LogP contribution in [0.1, 0.15) is 119 Å². The van der Waals surface area contributed by atoms with E-state index in [1.54, 1.807) is 20.9 Å². The second kappa shape index (κ2) is 22.8. The fraction of sp³-hybridized carbons (Fsp3) is 0.861. The summed E-state index contributed by atoms with van der Waals surface area (Å²) in [6.45, 7) is 13.0. The molecule has 0 aromatic rings. The Balaban J connectivity index is 3.21. The molecule has 1 fully saturated rings. The highest BCUT2D eigenvalue weighted by atomic mass is 16.5. The van der Waals surface area contributed by atoms with Crippen LogP contribution in [0.3, 0.4) is 0 Å². The van der Waals surface area contributed by atoms with Gasteiger partial charge in [0.25, 0.3) is 0 Å². The summed E-state index contributed by atoms with van der Waals surface area (Å²) < 4.78 is 6.39. The molecule has 1 rings (SSSR count). The largest absolute Gasteiger partial charge is 0.393 e. The number of primary amides is 1. The lowest BCUT2D eigenvalue weighted by Gasteiger charge is -2.36. The molecular weight excluding hydrogens is 628 g/mol. The van der Waals surface area contributed by atoms with Crippen molar-refractivity contribution >= 4 is 29.5 Å². The predicted octanol–water partition coefficient (Wildman–Crippen LogP) is 2.37. The van der Waals surface area contributed by atoms with E-state index in [0.29, 0.717) is 12.8 Å². The zero-order valence-corrected chi connectivity index (χ0v) is 31.5. The van der Waals surface area contributed by atoms with Crippen LogP contribution in [0, 0.1) is 23.7 Å². The first-order valence-electron chi connectivity index (χ1n) is 18.5. The van der Waals surface area contributed by atoms with Gasteiger partial charge in [0.05, 0.1) is 30.1 Å². The van der Waals surface area contributed by atoms with Crippen LogP contribution in [-0.4, -0.2) is 96.1 Å². The number of ether oxygens (including phenoxy) is 1. The minimum Gasteiger partial charge on any atom is -0.393 e. The normalized spacial score (nSPS) is 18.7. The van der Waals surface area contributed by atoms with Crippen molar-refractivity contribution in [2.75, 3.05) is 20.1 Å². The minimum atomic E-state index is -1.06. The van der Waals surface area contributed by atoms with Crippen molar-refractivity contribution in [3.63, 3.8) is 0 Å².